The van der Waals surface area contributed by atoms with Crippen molar-refractivity contribution >= 4 is 23.4 Å². The van der Waals surface area contributed by atoms with Crippen LogP contribution >= 0.6 is 11.6 Å². The van der Waals surface area contributed by atoms with E-state index in [4.69, 9.17) is 25.8 Å². The van der Waals surface area contributed by atoms with Crippen molar-refractivity contribution in [3.63, 3.8) is 0 Å². The number of cyclic esters (lactones) is 1. The monoisotopic (exact) mass is 436 g/mol. The van der Waals surface area contributed by atoms with Crippen LogP contribution in [0.4, 0.5) is 0 Å². The molecule has 0 aromatic rings. The van der Waals surface area contributed by atoms with Crippen molar-refractivity contribution in [2.24, 2.45) is 29.6 Å². The molecule has 1 aliphatic carbocycles. The number of halogens is 1. The molecule has 2 saturated heterocycles. The summed E-state index contributed by atoms with van der Waals surface area (Å²) >= 11 is 6.52. The van der Waals surface area contributed by atoms with E-state index in [0.717, 1.165) is 6.42 Å². The zero-order valence-electron chi connectivity index (χ0n) is 18.0. The molecule has 7 heteroatoms. The third-order valence-electron chi connectivity index (χ3n) is 7.43. The van der Waals surface area contributed by atoms with Crippen LogP contribution in [0.2, 0.25) is 0 Å². The maximum Gasteiger partial charge on any atom is 0.315 e. The number of Topliss-reactive ketones (excluding diaryl/α,β-unsaturated/α-hetero) is 1. The fraction of sp³-hybridized carbons (Fsp3) is 0.652. The normalized spacial score (nSPS) is 44.1. The Morgan fingerprint density at radius 1 is 1.37 bits per heavy atom. The van der Waals surface area contributed by atoms with E-state index < -0.39 is 47.0 Å². The topological polar surface area (TPSA) is 82.1 Å². The Morgan fingerprint density at radius 2 is 2.07 bits per heavy atom. The first-order valence-corrected chi connectivity index (χ1v) is 11.0. The maximum absolute atomic E-state index is 13.3. The summed E-state index contributed by atoms with van der Waals surface area (Å²) in [7, 11) is 0. The SMILES string of the molecule is CCC(C)/C=C/C1=CC2=C(Cl)C(=O)[C@@]3(C)O[C@@]4(O)[C@H](C)[C@@H](C)OC(=O)[C@@H]4[C@@H]3C2CO1. The molecule has 0 radical (unpaired) electrons. The number of hydrogen-bond donors (Lipinski definition) is 1. The summed E-state index contributed by atoms with van der Waals surface area (Å²) in [6.45, 7) is 9.54. The Morgan fingerprint density at radius 3 is 2.73 bits per heavy atom. The van der Waals surface area contributed by atoms with Gasteiger partial charge in [-0.3, -0.25) is 9.59 Å². The Kier molecular flexibility index (Phi) is 5.19. The van der Waals surface area contributed by atoms with Crippen LogP contribution < -0.4 is 0 Å². The van der Waals surface area contributed by atoms with Gasteiger partial charge in [0.05, 0.1) is 11.6 Å². The van der Waals surface area contributed by atoms with Gasteiger partial charge in [0.25, 0.3) is 0 Å². The summed E-state index contributed by atoms with van der Waals surface area (Å²) in [5, 5.41) is 11.5. The minimum Gasteiger partial charge on any atom is -0.493 e. The van der Waals surface area contributed by atoms with Gasteiger partial charge in [-0.1, -0.05) is 44.9 Å². The van der Waals surface area contributed by atoms with Crippen molar-refractivity contribution in [2.45, 2.75) is 58.5 Å². The van der Waals surface area contributed by atoms with Gasteiger partial charge in [-0.05, 0) is 37.5 Å². The smallest absolute Gasteiger partial charge is 0.315 e. The number of esters is 1. The number of rotatable bonds is 3. The largest absolute Gasteiger partial charge is 0.493 e. The molecule has 3 heterocycles. The lowest BCUT2D eigenvalue weighted by Gasteiger charge is -2.43. The summed E-state index contributed by atoms with van der Waals surface area (Å²) in [4.78, 5) is 26.2. The quantitative estimate of drug-likeness (QED) is 0.682. The highest BCUT2D eigenvalue weighted by atomic mass is 35.5. The Hall–Kier alpha value is -1.63. The van der Waals surface area contributed by atoms with Crippen molar-refractivity contribution in [3.8, 4) is 0 Å². The van der Waals surface area contributed by atoms with E-state index in [1.165, 1.54) is 0 Å². The van der Waals surface area contributed by atoms with E-state index in [0.29, 0.717) is 17.3 Å². The second-order valence-electron chi connectivity index (χ2n) is 9.20. The van der Waals surface area contributed by atoms with Crippen molar-refractivity contribution in [3.05, 3.63) is 34.6 Å². The van der Waals surface area contributed by atoms with Gasteiger partial charge in [0.15, 0.2) is 5.79 Å². The fourth-order valence-electron chi connectivity index (χ4n) is 5.19. The summed E-state index contributed by atoms with van der Waals surface area (Å²) in [6, 6.07) is 0. The van der Waals surface area contributed by atoms with E-state index in [2.05, 4.69) is 13.8 Å². The van der Waals surface area contributed by atoms with E-state index in [1.807, 2.05) is 12.2 Å². The first-order chi connectivity index (χ1) is 14.0. The lowest BCUT2D eigenvalue weighted by molar-refractivity contribution is -0.286. The molecular weight excluding hydrogens is 408 g/mol. The molecule has 164 valence electrons. The number of carbonyl (C=O) groups is 2. The van der Waals surface area contributed by atoms with Crippen molar-refractivity contribution < 1.29 is 28.9 Å². The molecule has 2 unspecified atom stereocenters. The summed E-state index contributed by atoms with van der Waals surface area (Å²) in [5.41, 5.74) is -0.797. The highest BCUT2D eigenvalue weighted by molar-refractivity contribution is 6.44. The zero-order valence-corrected chi connectivity index (χ0v) is 18.7. The second kappa shape index (κ2) is 7.21. The molecule has 0 amide bonds. The second-order valence-corrected chi connectivity index (χ2v) is 9.58. The molecule has 1 N–H and O–H groups in total. The van der Waals surface area contributed by atoms with Crippen molar-refractivity contribution in [2.75, 3.05) is 6.61 Å². The molecule has 4 rings (SSSR count). The molecule has 3 aliphatic heterocycles. The first kappa shape index (κ1) is 21.6. The molecule has 4 aliphatic rings. The molecule has 0 bridgehead atoms. The predicted molar refractivity (Wildman–Crippen MR) is 110 cm³/mol. The van der Waals surface area contributed by atoms with Crippen LogP contribution in [0, 0.1) is 29.6 Å². The number of ether oxygens (including phenoxy) is 3. The molecule has 6 nitrogen and oxygen atoms in total. The lowest BCUT2D eigenvalue weighted by atomic mass is 9.62. The van der Waals surface area contributed by atoms with Gasteiger partial charge in [-0.15, -0.1) is 0 Å². The maximum atomic E-state index is 13.3. The minimum absolute atomic E-state index is 0.0767. The highest BCUT2D eigenvalue weighted by Gasteiger charge is 2.73. The van der Waals surface area contributed by atoms with Gasteiger partial charge < -0.3 is 19.3 Å². The van der Waals surface area contributed by atoms with Gasteiger partial charge in [-0.2, -0.15) is 0 Å². The fourth-order valence-corrected chi connectivity index (χ4v) is 5.57. The number of ketones is 1. The number of hydrogen-bond acceptors (Lipinski definition) is 6. The molecule has 2 fully saturated rings. The van der Waals surface area contributed by atoms with Gasteiger partial charge >= 0.3 is 5.97 Å². The van der Waals surface area contributed by atoms with Gasteiger partial charge in [0.1, 0.15) is 23.4 Å². The number of allylic oxidation sites excluding steroid dienone is 3. The Balaban J connectivity index is 1.77. The van der Waals surface area contributed by atoms with Crippen LogP contribution in [0.25, 0.3) is 0 Å². The van der Waals surface area contributed by atoms with E-state index in [1.54, 1.807) is 26.8 Å². The van der Waals surface area contributed by atoms with Crippen LogP contribution in [0.1, 0.15) is 41.0 Å². The van der Waals surface area contributed by atoms with E-state index >= 15 is 0 Å². The third kappa shape index (κ3) is 2.91. The zero-order chi connectivity index (χ0) is 22.0. The number of carbonyl (C=O) groups excluding carboxylic acids is 2. The average Bonchev–Trinajstić information content (AvgIpc) is 2.98. The molecule has 0 spiro atoms. The summed E-state index contributed by atoms with van der Waals surface area (Å²) in [6.07, 6.45) is 6.18. The standard InChI is InChI=1S/C23H29ClO6/c1-6-11(2)7-8-14-9-15-16(10-28-14)17-18-21(26)29-13(4)12(3)23(18,27)30-22(17,5)20(25)19(15)24/h7-9,11-13,16-18,27H,6,10H2,1-5H3/b8-7+/t11?,12-,13-,16?,17+,18+,22+,23+/m1/s1. The number of aliphatic hydroxyl groups is 1. The summed E-state index contributed by atoms with van der Waals surface area (Å²) < 4.78 is 17.5. The van der Waals surface area contributed by atoms with Gasteiger partial charge in [0, 0.05) is 17.8 Å². The molecule has 8 atom stereocenters. The highest BCUT2D eigenvalue weighted by Crippen LogP contribution is 2.60. The Labute approximate surface area is 181 Å². The summed E-state index contributed by atoms with van der Waals surface area (Å²) in [5.74, 6) is -4.22. The number of fused-ring (bicyclic) bond motifs is 5. The van der Waals surface area contributed by atoms with Gasteiger partial charge in [-0.25, -0.2) is 0 Å². The van der Waals surface area contributed by atoms with Crippen molar-refractivity contribution in [1.29, 1.82) is 0 Å². The molecule has 0 aromatic carbocycles. The van der Waals surface area contributed by atoms with Crippen LogP contribution in [0.5, 0.6) is 0 Å². The minimum atomic E-state index is -1.79. The molecule has 30 heavy (non-hydrogen) atoms. The lowest BCUT2D eigenvalue weighted by Crippen LogP contribution is -2.57. The average molecular weight is 437 g/mol. The Bertz CT molecular complexity index is 875. The predicted octanol–water partition coefficient (Wildman–Crippen LogP) is 3.49. The van der Waals surface area contributed by atoms with Gasteiger partial charge in [0.2, 0.25) is 5.78 Å². The molecule has 0 saturated carbocycles. The van der Waals surface area contributed by atoms with Crippen LogP contribution in [-0.2, 0) is 23.8 Å². The third-order valence-corrected chi connectivity index (χ3v) is 7.82. The first-order valence-electron chi connectivity index (χ1n) is 10.6. The van der Waals surface area contributed by atoms with Crippen LogP contribution in [0.3, 0.4) is 0 Å². The van der Waals surface area contributed by atoms with Crippen molar-refractivity contribution in [1.82, 2.24) is 0 Å². The molecule has 0 aromatic heterocycles. The van der Waals surface area contributed by atoms with E-state index in [9.17, 15) is 14.7 Å². The van der Waals surface area contributed by atoms with Crippen LogP contribution in [-0.4, -0.2) is 41.0 Å². The van der Waals surface area contributed by atoms with E-state index in [-0.39, 0.29) is 17.6 Å². The molecular formula is C23H29ClO6. The van der Waals surface area contributed by atoms with Crippen LogP contribution in [0.15, 0.2) is 34.6 Å².